The number of ether oxygens (including phenoxy) is 2. The second kappa shape index (κ2) is 3.83. The maximum absolute atomic E-state index is 6.05. The summed E-state index contributed by atoms with van der Waals surface area (Å²) in [7, 11) is 0. The summed E-state index contributed by atoms with van der Waals surface area (Å²) in [5, 5.41) is 0. The van der Waals surface area contributed by atoms with E-state index in [0.717, 1.165) is 13.0 Å². The van der Waals surface area contributed by atoms with Crippen molar-refractivity contribution in [3.05, 3.63) is 11.6 Å². The molecular formula is C15H24O2. The van der Waals surface area contributed by atoms with E-state index in [1.807, 2.05) is 0 Å². The highest BCUT2D eigenvalue weighted by atomic mass is 16.6. The van der Waals surface area contributed by atoms with Crippen LogP contribution in [0.5, 0.6) is 0 Å². The number of hydrogen-bond acceptors (Lipinski definition) is 2. The third-order valence-corrected chi connectivity index (χ3v) is 4.90. The number of hydrogen-bond donors (Lipinski definition) is 0. The van der Waals surface area contributed by atoms with Crippen LogP contribution < -0.4 is 0 Å². The van der Waals surface area contributed by atoms with Gasteiger partial charge in [-0.15, -0.1) is 0 Å². The van der Waals surface area contributed by atoms with Gasteiger partial charge in [-0.2, -0.15) is 0 Å². The number of rotatable bonds is 3. The van der Waals surface area contributed by atoms with E-state index in [-0.39, 0.29) is 11.2 Å². The van der Waals surface area contributed by atoms with Crippen LogP contribution in [0.2, 0.25) is 0 Å². The highest BCUT2D eigenvalue weighted by Gasteiger charge is 2.67. The third-order valence-electron chi connectivity index (χ3n) is 4.90. The first-order valence-electron chi connectivity index (χ1n) is 7.02. The molecule has 2 heteroatoms. The molecule has 0 aromatic heterocycles. The van der Waals surface area contributed by atoms with E-state index in [1.54, 1.807) is 0 Å². The first kappa shape index (κ1) is 11.7. The van der Waals surface area contributed by atoms with E-state index in [1.165, 1.54) is 31.3 Å². The van der Waals surface area contributed by atoms with Crippen molar-refractivity contribution in [2.24, 2.45) is 5.92 Å². The Morgan fingerprint density at radius 2 is 2.12 bits per heavy atom. The maximum atomic E-state index is 6.05. The van der Waals surface area contributed by atoms with Crippen molar-refractivity contribution in [1.82, 2.24) is 0 Å². The summed E-state index contributed by atoms with van der Waals surface area (Å²) < 4.78 is 11.8. The van der Waals surface area contributed by atoms with Crippen LogP contribution in [0.1, 0.15) is 52.9 Å². The van der Waals surface area contributed by atoms with Crippen molar-refractivity contribution in [3.8, 4) is 0 Å². The standard InChI is InChI=1S/C15H24O2/c1-11(2)7-8-13-14(3,17-13)12-6-4-5-9-15(12)10-16-15/h7,12-13H,4-6,8-10H2,1-3H3/t12?,13?,14?,15-/m0/s1. The van der Waals surface area contributed by atoms with Gasteiger partial charge in [-0.3, -0.25) is 0 Å². The lowest BCUT2D eigenvalue weighted by Gasteiger charge is -2.32. The Labute approximate surface area is 104 Å². The molecule has 3 unspecified atom stereocenters. The van der Waals surface area contributed by atoms with Crippen molar-refractivity contribution in [3.63, 3.8) is 0 Å². The van der Waals surface area contributed by atoms with E-state index in [4.69, 9.17) is 9.47 Å². The molecule has 2 aliphatic heterocycles. The highest BCUT2D eigenvalue weighted by Crippen LogP contribution is 2.58. The van der Waals surface area contributed by atoms with Crippen LogP contribution in [0.3, 0.4) is 0 Å². The quantitative estimate of drug-likeness (QED) is 0.554. The molecule has 0 bridgehead atoms. The Morgan fingerprint density at radius 3 is 2.76 bits per heavy atom. The first-order chi connectivity index (χ1) is 8.07. The topological polar surface area (TPSA) is 25.1 Å². The van der Waals surface area contributed by atoms with Gasteiger partial charge in [0.25, 0.3) is 0 Å². The summed E-state index contributed by atoms with van der Waals surface area (Å²) in [6.07, 6.45) is 9.05. The van der Waals surface area contributed by atoms with Crippen molar-refractivity contribution in [2.75, 3.05) is 6.61 Å². The zero-order chi connectivity index (χ0) is 12.1. The Hall–Kier alpha value is -0.340. The van der Waals surface area contributed by atoms with Gasteiger partial charge in [0.15, 0.2) is 0 Å². The third kappa shape index (κ3) is 1.96. The van der Waals surface area contributed by atoms with Gasteiger partial charge < -0.3 is 9.47 Å². The predicted octanol–water partition coefficient (Wildman–Crippen LogP) is 3.46. The Morgan fingerprint density at radius 1 is 1.35 bits per heavy atom. The average molecular weight is 236 g/mol. The van der Waals surface area contributed by atoms with Crippen LogP contribution >= 0.6 is 0 Å². The van der Waals surface area contributed by atoms with E-state index < -0.39 is 0 Å². The van der Waals surface area contributed by atoms with Gasteiger partial charge in [0, 0.05) is 5.92 Å². The highest BCUT2D eigenvalue weighted by molar-refractivity contribution is 5.16. The van der Waals surface area contributed by atoms with Gasteiger partial charge in [-0.25, -0.2) is 0 Å². The van der Waals surface area contributed by atoms with Gasteiger partial charge in [0.1, 0.15) is 0 Å². The molecule has 0 amide bonds. The van der Waals surface area contributed by atoms with E-state index in [2.05, 4.69) is 26.8 Å². The van der Waals surface area contributed by atoms with E-state index in [9.17, 15) is 0 Å². The largest absolute Gasteiger partial charge is 0.369 e. The van der Waals surface area contributed by atoms with Crippen molar-refractivity contribution < 1.29 is 9.47 Å². The predicted molar refractivity (Wildman–Crippen MR) is 68.0 cm³/mol. The van der Waals surface area contributed by atoms with E-state index >= 15 is 0 Å². The maximum Gasteiger partial charge on any atom is 0.0979 e. The summed E-state index contributed by atoms with van der Waals surface area (Å²) in [6.45, 7) is 7.60. The molecule has 17 heavy (non-hydrogen) atoms. The fourth-order valence-electron chi connectivity index (χ4n) is 3.66. The summed E-state index contributed by atoms with van der Waals surface area (Å²) in [6, 6.07) is 0. The minimum Gasteiger partial charge on any atom is -0.369 e. The number of epoxide rings is 2. The molecule has 3 aliphatic rings. The minimum atomic E-state index is 0.100. The second-order valence-corrected chi connectivity index (χ2v) is 6.46. The van der Waals surface area contributed by atoms with Gasteiger partial charge in [-0.05, 0) is 40.0 Å². The first-order valence-corrected chi connectivity index (χ1v) is 7.02. The van der Waals surface area contributed by atoms with Crippen LogP contribution in [0, 0.1) is 5.92 Å². The van der Waals surface area contributed by atoms with Gasteiger partial charge in [0.2, 0.25) is 0 Å². The van der Waals surface area contributed by atoms with Gasteiger partial charge in [0.05, 0.1) is 23.9 Å². The van der Waals surface area contributed by atoms with Crippen molar-refractivity contribution in [2.45, 2.75) is 70.2 Å². The van der Waals surface area contributed by atoms with Gasteiger partial charge >= 0.3 is 0 Å². The molecule has 96 valence electrons. The molecule has 0 aromatic carbocycles. The van der Waals surface area contributed by atoms with E-state index in [0.29, 0.717) is 12.0 Å². The molecule has 3 rings (SSSR count). The zero-order valence-corrected chi connectivity index (χ0v) is 11.3. The van der Waals surface area contributed by atoms with Gasteiger partial charge in [-0.1, -0.05) is 24.5 Å². The lowest BCUT2D eigenvalue weighted by atomic mass is 9.71. The van der Waals surface area contributed by atoms with Crippen LogP contribution in [-0.2, 0) is 9.47 Å². The molecule has 2 saturated heterocycles. The molecule has 4 atom stereocenters. The molecule has 2 heterocycles. The SMILES string of the molecule is CC(C)=CCC1OC1(C)C1CCCC[C@]12CO2. The Bertz CT molecular complexity index is 339. The Kier molecular flexibility index (Phi) is 2.64. The second-order valence-electron chi connectivity index (χ2n) is 6.46. The summed E-state index contributed by atoms with van der Waals surface area (Å²) in [4.78, 5) is 0. The molecular weight excluding hydrogens is 212 g/mol. The molecule has 2 nitrogen and oxygen atoms in total. The molecule has 3 fully saturated rings. The van der Waals surface area contributed by atoms with Crippen molar-refractivity contribution in [1.29, 1.82) is 0 Å². The molecule has 0 radical (unpaired) electrons. The zero-order valence-electron chi connectivity index (χ0n) is 11.3. The number of allylic oxidation sites excluding steroid dienone is 1. The lowest BCUT2D eigenvalue weighted by molar-refractivity contribution is 0.0886. The normalized spacial score (nSPS) is 47.9. The minimum absolute atomic E-state index is 0.100. The molecule has 0 aromatic rings. The van der Waals surface area contributed by atoms with Crippen LogP contribution in [0.4, 0.5) is 0 Å². The molecule has 1 saturated carbocycles. The molecule has 0 N–H and O–H groups in total. The smallest absolute Gasteiger partial charge is 0.0979 e. The lowest BCUT2D eigenvalue weighted by Crippen LogP contribution is -2.39. The Balaban J connectivity index is 1.66. The molecule has 1 aliphatic carbocycles. The monoisotopic (exact) mass is 236 g/mol. The summed E-state index contributed by atoms with van der Waals surface area (Å²) >= 11 is 0. The fraction of sp³-hybridized carbons (Fsp3) is 0.867. The van der Waals surface area contributed by atoms with Crippen molar-refractivity contribution >= 4 is 0 Å². The van der Waals surface area contributed by atoms with Crippen LogP contribution in [0.15, 0.2) is 11.6 Å². The molecule has 1 spiro atoms. The summed E-state index contributed by atoms with van der Waals surface area (Å²) in [5.41, 5.74) is 1.71. The van der Waals surface area contributed by atoms with Crippen LogP contribution in [-0.4, -0.2) is 23.9 Å². The fourth-order valence-corrected chi connectivity index (χ4v) is 3.66. The average Bonchev–Trinajstić information content (AvgIpc) is 3.17. The summed E-state index contributed by atoms with van der Waals surface area (Å²) in [5.74, 6) is 0.638. The van der Waals surface area contributed by atoms with Crippen LogP contribution in [0.25, 0.3) is 0 Å².